The summed E-state index contributed by atoms with van der Waals surface area (Å²) >= 11 is 0. The van der Waals surface area contributed by atoms with Gasteiger partial charge in [-0.2, -0.15) is 10.5 Å². The number of nitrogens with zero attached hydrogens (tertiary/aromatic N) is 3. The molecule has 144 valence electrons. The number of carbonyl (C=O) groups is 1. The number of nitrogens with one attached hydrogen (secondary N) is 1. The summed E-state index contributed by atoms with van der Waals surface area (Å²) in [5, 5.41) is 17.5. The Kier molecular flexibility index (Phi) is 7.14. The van der Waals surface area contributed by atoms with Gasteiger partial charge in [0, 0.05) is 18.7 Å². The van der Waals surface area contributed by atoms with Crippen LogP contribution in [0.1, 0.15) is 28.8 Å². The Hall–Kier alpha value is -3.36. The zero-order valence-electron chi connectivity index (χ0n) is 15.4. The fourth-order valence-corrected chi connectivity index (χ4v) is 3.67. The minimum absolute atomic E-state index is 0.0351. The lowest BCUT2D eigenvalue weighted by atomic mass is 10.2. The molecular weight excluding hydrogens is 376 g/mol. The quantitative estimate of drug-likeness (QED) is 0.736. The summed E-state index contributed by atoms with van der Waals surface area (Å²) in [7, 11) is -3.79. The van der Waals surface area contributed by atoms with E-state index in [0.29, 0.717) is 11.3 Å². The van der Waals surface area contributed by atoms with Gasteiger partial charge in [0.05, 0.1) is 35.6 Å². The summed E-state index contributed by atoms with van der Waals surface area (Å²) in [5.74, 6) is -0.346. The normalized spacial score (nSPS) is 10.5. The van der Waals surface area contributed by atoms with Gasteiger partial charge >= 0.3 is 0 Å². The molecule has 0 aliphatic carbocycles. The van der Waals surface area contributed by atoms with Crippen molar-refractivity contribution in [2.24, 2.45) is 0 Å². The van der Waals surface area contributed by atoms with E-state index in [1.54, 1.807) is 25.1 Å². The van der Waals surface area contributed by atoms with Gasteiger partial charge in [-0.05, 0) is 42.8 Å². The molecule has 0 atom stereocenters. The summed E-state index contributed by atoms with van der Waals surface area (Å²) in [4.78, 5) is 14.0. The van der Waals surface area contributed by atoms with Crippen LogP contribution in [0.2, 0.25) is 0 Å². The molecule has 2 rings (SSSR count). The highest BCUT2D eigenvalue weighted by atomic mass is 32.2. The van der Waals surface area contributed by atoms with Crippen molar-refractivity contribution in [2.75, 3.05) is 17.8 Å². The smallest absolute Gasteiger partial charge is 0.261 e. The van der Waals surface area contributed by atoms with E-state index in [-0.39, 0.29) is 36.7 Å². The van der Waals surface area contributed by atoms with E-state index in [2.05, 4.69) is 4.72 Å². The van der Waals surface area contributed by atoms with E-state index < -0.39 is 10.0 Å². The van der Waals surface area contributed by atoms with Crippen molar-refractivity contribution in [1.82, 2.24) is 4.90 Å². The molecule has 0 fully saturated rings. The Morgan fingerprint density at radius 3 is 2.11 bits per heavy atom. The first-order valence-corrected chi connectivity index (χ1v) is 10.1. The summed E-state index contributed by atoms with van der Waals surface area (Å²) in [6, 6.07) is 16.6. The predicted molar refractivity (Wildman–Crippen MR) is 105 cm³/mol. The number of benzene rings is 2. The van der Waals surface area contributed by atoms with Crippen LogP contribution in [-0.2, 0) is 10.0 Å². The maximum absolute atomic E-state index is 12.6. The number of aryl methyl sites for hydroxylation is 1. The van der Waals surface area contributed by atoms with Gasteiger partial charge in [-0.25, -0.2) is 8.42 Å². The molecule has 0 radical (unpaired) electrons. The topological polar surface area (TPSA) is 114 Å². The molecule has 0 saturated heterocycles. The Morgan fingerprint density at radius 1 is 1.00 bits per heavy atom. The van der Waals surface area contributed by atoms with Crippen molar-refractivity contribution in [3.05, 3.63) is 59.7 Å². The molecule has 0 aliphatic rings. The van der Waals surface area contributed by atoms with Crippen molar-refractivity contribution in [2.45, 2.75) is 24.7 Å². The molecule has 0 bridgehead atoms. The van der Waals surface area contributed by atoms with E-state index in [1.807, 2.05) is 18.2 Å². The van der Waals surface area contributed by atoms with Crippen molar-refractivity contribution in [3.63, 3.8) is 0 Å². The zero-order valence-corrected chi connectivity index (χ0v) is 16.2. The van der Waals surface area contributed by atoms with Gasteiger partial charge in [-0.15, -0.1) is 0 Å². The van der Waals surface area contributed by atoms with Gasteiger partial charge in [0.2, 0.25) is 0 Å². The molecule has 7 nitrogen and oxygen atoms in total. The second kappa shape index (κ2) is 9.54. The monoisotopic (exact) mass is 396 g/mol. The van der Waals surface area contributed by atoms with Gasteiger partial charge in [0.15, 0.2) is 0 Å². The summed E-state index contributed by atoms with van der Waals surface area (Å²) in [5.41, 5.74) is 1.58. The average Bonchev–Trinajstić information content (AvgIpc) is 2.69. The van der Waals surface area contributed by atoms with Crippen molar-refractivity contribution >= 4 is 21.6 Å². The van der Waals surface area contributed by atoms with Crippen LogP contribution < -0.4 is 4.72 Å². The Morgan fingerprint density at radius 2 is 1.57 bits per heavy atom. The number of anilines is 1. The van der Waals surface area contributed by atoms with Crippen molar-refractivity contribution in [3.8, 4) is 12.1 Å². The van der Waals surface area contributed by atoms with E-state index in [9.17, 15) is 13.2 Å². The molecule has 1 amide bonds. The van der Waals surface area contributed by atoms with Crippen LogP contribution in [-0.4, -0.2) is 32.3 Å². The van der Waals surface area contributed by atoms with Crippen LogP contribution in [0, 0.1) is 29.6 Å². The Balaban J connectivity index is 2.19. The molecule has 0 heterocycles. The average molecular weight is 396 g/mol. The lowest BCUT2D eigenvalue weighted by Crippen LogP contribution is -2.32. The minimum atomic E-state index is -3.79. The number of para-hydroxylation sites is 1. The number of hydrogen-bond donors (Lipinski definition) is 1. The fraction of sp³-hybridized carbons (Fsp3) is 0.250. The maximum Gasteiger partial charge on any atom is 0.261 e. The highest BCUT2D eigenvalue weighted by molar-refractivity contribution is 7.92. The molecule has 0 spiro atoms. The number of sulfonamides is 1. The van der Waals surface area contributed by atoms with Crippen LogP contribution in [0.15, 0.2) is 53.4 Å². The van der Waals surface area contributed by atoms with E-state index in [4.69, 9.17) is 10.5 Å². The third-order valence-corrected chi connectivity index (χ3v) is 5.46. The lowest BCUT2D eigenvalue weighted by molar-refractivity contribution is 0.0762. The van der Waals surface area contributed by atoms with Crippen LogP contribution >= 0.6 is 0 Å². The standard InChI is InChI=1S/C20H20N4O3S/c1-16-6-2-3-7-19(16)23-28(26,27)18-10-8-17(9-11-18)20(25)24(14-4-12-21)15-5-13-22/h2-3,6-11,23H,4-5,14-15H2,1H3. The molecular formula is C20H20N4O3S. The Bertz CT molecular complexity index is 1000. The second-order valence-electron chi connectivity index (χ2n) is 6.05. The number of amides is 1. The molecule has 0 unspecified atom stereocenters. The first kappa shape index (κ1) is 20.9. The Labute approximate surface area is 164 Å². The summed E-state index contributed by atoms with van der Waals surface area (Å²) < 4.78 is 27.7. The molecule has 28 heavy (non-hydrogen) atoms. The van der Waals surface area contributed by atoms with Crippen LogP contribution in [0.5, 0.6) is 0 Å². The van der Waals surface area contributed by atoms with Crippen molar-refractivity contribution in [1.29, 1.82) is 10.5 Å². The number of rotatable bonds is 8. The van der Waals surface area contributed by atoms with Gasteiger partial charge in [0.25, 0.3) is 15.9 Å². The fourth-order valence-electron chi connectivity index (χ4n) is 2.54. The number of hydrogen-bond acceptors (Lipinski definition) is 5. The lowest BCUT2D eigenvalue weighted by Gasteiger charge is -2.20. The second-order valence-corrected chi connectivity index (χ2v) is 7.74. The number of carbonyl (C=O) groups excluding carboxylic acids is 1. The third kappa shape index (κ3) is 5.32. The maximum atomic E-state index is 12.6. The number of nitriles is 2. The molecule has 0 saturated carbocycles. The minimum Gasteiger partial charge on any atom is -0.337 e. The van der Waals surface area contributed by atoms with Gasteiger partial charge in [0.1, 0.15) is 0 Å². The van der Waals surface area contributed by atoms with E-state index in [1.165, 1.54) is 29.2 Å². The highest BCUT2D eigenvalue weighted by Crippen LogP contribution is 2.20. The SMILES string of the molecule is Cc1ccccc1NS(=O)(=O)c1ccc(C(=O)N(CCC#N)CCC#N)cc1. The largest absolute Gasteiger partial charge is 0.337 e. The van der Waals surface area contributed by atoms with Gasteiger partial charge < -0.3 is 4.90 Å². The third-order valence-electron chi connectivity index (χ3n) is 4.08. The molecule has 1 N–H and O–H groups in total. The van der Waals surface area contributed by atoms with E-state index >= 15 is 0 Å². The predicted octanol–water partition coefficient (Wildman–Crippen LogP) is 3.07. The van der Waals surface area contributed by atoms with Gasteiger partial charge in [-0.3, -0.25) is 9.52 Å². The first-order valence-electron chi connectivity index (χ1n) is 8.60. The molecule has 2 aromatic rings. The summed E-state index contributed by atoms with van der Waals surface area (Å²) in [6.07, 6.45) is 0.313. The first-order chi connectivity index (χ1) is 13.4. The van der Waals surface area contributed by atoms with Crippen molar-refractivity contribution < 1.29 is 13.2 Å². The van der Waals surface area contributed by atoms with Crippen LogP contribution in [0.4, 0.5) is 5.69 Å². The molecule has 0 aromatic heterocycles. The summed E-state index contributed by atoms with van der Waals surface area (Å²) in [6.45, 7) is 2.23. The van der Waals surface area contributed by atoms with E-state index in [0.717, 1.165) is 5.56 Å². The van der Waals surface area contributed by atoms with Crippen LogP contribution in [0.25, 0.3) is 0 Å². The highest BCUT2D eigenvalue weighted by Gasteiger charge is 2.18. The zero-order chi connectivity index (χ0) is 20.6. The molecule has 0 aliphatic heterocycles. The van der Waals surface area contributed by atoms with Gasteiger partial charge in [-0.1, -0.05) is 18.2 Å². The molecule has 2 aromatic carbocycles. The van der Waals surface area contributed by atoms with Crippen LogP contribution in [0.3, 0.4) is 0 Å². The molecule has 8 heteroatoms.